The molecule has 0 amide bonds. The minimum atomic E-state index is -0.243. The summed E-state index contributed by atoms with van der Waals surface area (Å²) in [6.45, 7) is 0.0986. The molecule has 5 heteroatoms. The number of hydrogen-bond donors (Lipinski definition) is 1. The molecule has 0 radical (unpaired) electrons. The van der Waals surface area contributed by atoms with Gasteiger partial charge in [-0.1, -0.05) is 17.2 Å². The van der Waals surface area contributed by atoms with Crippen molar-refractivity contribution in [3.63, 3.8) is 0 Å². The molecule has 0 saturated heterocycles. The van der Waals surface area contributed by atoms with Gasteiger partial charge in [0.2, 0.25) is 0 Å². The molecule has 1 atom stereocenters. The van der Waals surface area contributed by atoms with E-state index in [-0.39, 0.29) is 12.6 Å². The normalized spacial score (nSPS) is 11.6. The lowest BCUT2D eigenvalue weighted by Gasteiger charge is -2.11. The molecular formula is C11H15N3O2. The van der Waals surface area contributed by atoms with E-state index in [1.54, 1.807) is 7.11 Å². The van der Waals surface area contributed by atoms with Crippen LogP contribution in [-0.2, 0) is 0 Å². The highest BCUT2D eigenvalue weighted by atomic mass is 16.5. The predicted octanol–water partition coefficient (Wildman–Crippen LogP) is 2.82. The zero-order valence-electron chi connectivity index (χ0n) is 9.21. The summed E-state index contributed by atoms with van der Waals surface area (Å²) in [4.78, 5) is 2.82. The lowest BCUT2D eigenvalue weighted by molar-refractivity contribution is 0.280. The molecule has 0 saturated carbocycles. The highest BCUT2D eigenvalue weighted by Gasteiger charge is 2.09. The van der Waals surface area contributed by atoms with Crippen molar-refractivity contribution in [1.29, 1.82) is 0 Å². The molecule has 1 aromatic rings. The summed E-state index contributed by atoms with van der Waals surface area (Å²) in [7, 11) is 1.59. The first-order valence-corrected chi connectivity index (χ1v) is 5.11. The third-order valence-corrected chi connectivity index (χ3v) is 2.31. The summed E-state index contributed by atoms with van der Waals surface area (Å²) in [5.74, 6) is 0.736. The Morgan fingerprint density at radius 2 is 2.38 bits per heavy atom. The molecule has 1 rings (SSSR count). The van der Waals surface area contributed by atoms with E-state index in [2.05, 4.69) is 10.0 Å². The maximum Gasteiger partial charge on any atom is 0.119 e. The molecule has 0 aliphatic rings. The van der Waals surface area contributed by atoms with Crippen molar-refractivity contribution in [1.82, 2.24) is 0 Å². The van der Waals surface area contributed by atoms with Crippen LogP contribution in [0.1, 0.15) is 24.4 Å². The monoisotopic (exact) mass is 221 g/mol. The number of rotatable bonds is 6. The lowest BCUT2D eigenvalue weighted by Crippen LogP contribution is -1.97. The Labute approximate surface area is 94.3 Å². The number of azide groups is 1. The van der Waals surface area contributed by atoms with Gasteiger partial charge in [-0.2, -0.15) is 0 Å². The summed E-state index contributed by atoms with van der Waals surface area (Å²) < 4.78 is 5.10. The maximum absolute atomic E-state index is 8.77. The summed E-state index contributed by atoms with van der Waals surface area (Å²) in [5.41, 5.74) is 9.40. The van der Waals surface area contributed by atoms with E-state index < -0.39 is 0 Å². The summed E-state index contributed by atoms with van der Waals surface area (Å²) in [5, 5.41) is 12.5. The number of benzene rings is 1. The zero-order chi connectivity index (χ0) is 11.8. The van der Waals surface area contributed by atoms with Crippen LogP contribution in [0.5, 0.6) is 5.75 Å². The molecule has 0 aliphatic heterocycles. The van der Waals surface area contributed by atoms with Crippen LogP contribution >= 0.6 is 0 Å². The van der Waals surface area contributed by atoms with Gasteiger partial charge >= 0.3 is 0 Å². The Balaban J connectivity index is 2.86. The fourth-order valence-corrected chi connectivity index (χ4v) is 1.49. The molecule has 0 spiro atoms. The van der Waals surface area contributed by atoms with E-state index in [0.29, 0.717) is 12.8 Å². The van der Waals surface area contributed by atoms with Gasteiger partial charge in [-0.15, -0.1) is 0 Å². The molecule has 5 nitrogen and oxygen atoms in total. The van der Waals surface area contributed by atoms with Gasteiger partial charge in [0.25, 0.3) is 0 Å². The third kappa shape index (κ3) is 3.46. The fraction of sp³-hybridized carbons (Fsp3) is 0.455. The topological polar surface area (TPSA) is 78.2 Å². The molecule has 1 N–H and O–H groups in total. The van der Waals surface area contributed by atoms with Crippen molar-refractivity contribution in [2.24, 2.45) is 5.11 Å². The summed E-state index contributed by atoms with van der Waals surface area (Å²) in [6.07, 6.45) is 1.24. The molecule has 0 heterocycles. The van der Waals surface area contributed by atoms with Crippen molar-refractivity contribution in [3.8, 4) is 5.75 Å². The predicted molar refractivity (Wildman–Crippen MR) is 61.2 cm³/mol. The van der Waals surface area contributed by atoms with E-state index in [9.17, 15) is 0 Å². The lowest BCUT2D eigenvalue weighted by atomic mass is 10.0. The Hall–Kier alpha value is -1.71. The maximum atomic E-state index is 8.77. The van der Waals surface area contributed by atoms with E-state index in [0.717, 1.165) is 11.3 Å². The minimum absolute atomic E-state index is 0.0986. The van der Waals surface area contributed by atoms with Gasteiger partial charge in [0, 0.05) is 11.5 Å². The van der Waals surface area contributed by atoms with Crippen molar-refractivity contribution in [2.45, 2.75) is 18.9 Å². The largest absolute Gasteiger partial charge is 0.497 e. The molecule has 0 bridgehead atoms. The van der Waals surface area contributed by atoms with Crippen molar-refractivity contribution >= 4 is 0 Å². The first kappa shape index (κ1) is 12.4. The number of aliphatic hydroxyl groups excluding tert-OH is 1. The smallest absolute Gasteiger partial charge is 0.119 e. The Kier molecular flexibility index (Phi) is 5.19. The number of hydrogen-bond acceptors (Lipinski definition) is 3. The fourth-order valence-electron chi connectivity index (χ4n) is 1.49. The van der Waals surface area contributed by atoms with E-state index in [1.807, 2.05) is 24.3 Å². The van der Waals surface area contributed by atoms with Gasteiger partial charge in [0.15, 0.2) is 0 Å². The molecule has 0 fully saturated rings. The van der Waals surface area contributed by atoms with Gasteiger partial charge in [0.05, 0.1) is 13.2 Å². The Morgan fingerprint density at radius 1 is 1.56 bits per heavy atom. The second-order valence-corrected chi connectivity index (χ2v) is 3.36. The van der Waals surface area contributed by atoms with Crippen LogP contribution in [0.25, 0.3) is 10.4 Å². The first-order valence-electron chi connectivity index (χ1n) is 5.11. The van der Waals surface area contributed by atoms with Crippen molar-refractivity contribution < 1.29 is 9.84 Å². The van der Waals surface area contributed by atoms with Crippen LogP contribution in [0.15, 0.2) is 29.4 Å². The van der Waals surface area contributed by atoms with Crippen molar-refractivity contribution in [2.75, 3.05) is 13.7 Å². The van der Waals surface area contributed by atoms with Crippen LogP contribution in [0.4, 0.5) is 0 Å². The first-order chi connectivity index (χ1) is 7.81. The Morgan fingerprint density at radius 3 is 3.00 bits per heavy atom. The van der Waals surface area contributed by atoms with Gasteiger partial charge < -0.3 is 9.84 Å². The standard InChI is InChI=1S/C11H15N3O2/c1-16-10-5-2-4-9(8-10)11(13-14-12)6-3-7-15/h2,4-5,8,11,15H,3,6-7H2,1H3. The Bertz CT molecular complexity index is 375. The zero-order valence-corrected chi connectivity index (χ0v) is 9.21. The van der Waals surface area contributed by atoms with Gasteiger partial charge in [0.1, 0.15) is 5.75 Å². The van der Waals surface area contributed by atoms with Gasteiger partial charge in [-0.05, 0) is 36.1 Å². The van der Waals surface area contributed by atoms with Gasteiger partial charge in [-0.3, -0.25) is 0 Å². The molecule has 86 valence electrons. The van der Waals surface area contributed by atoms with Crippen LogP contribution in [0.2, 0.25) is 0 Å². The van der Waals surface area contributed by atoms with Crippen LogP contribution < -0.4 is 4.74 Å². The second kappa shape index (κ2) is 6.71. The number of aliphatic hydroxyl groups is 1. The highest BCUT2D eigenvalue weighted by molar-refractivity contribution is 5.30. The molecular weight excluding hydrogens is 206 g/mol. The average molecular weight is 221 g/mol. The average Bonchev–Trinajstić information content (AvgIpc) is 2.34. The third-order valence-electron chi connectivity index (χ3n) is 2.31. The van der Waals surface area contributed by atoms with E-state index in [1.165, 1.54) is 0 Å². The van der Waals surface area contributed by atoms with Crippen LogP contribution in [0.3, 0.4) is 0 Å². The molecule has 1 aromatic carbocycles. The number of nitrogens with zero attached hydrogens (tertiary/aromatic N) is 3. The molecule has 0 aliphatic carbocycles. The molecule has 1 unspecified atom stereocenters. The highest BCUT2D eigenvalue weighted by Crippen LogP contribution is 2.25. The molecule has 16 heavy (non-hydrogen) atoms. The van der Waals surface area contributed by atoms with Gasteiger partial charge in [-0.25, -0.2) is 0 Å². The van der Waals surface area contributed by atoms with E-state index >= 15 is 0 Å². The second-order valence-electron chi connectivity index (χ2n) is 3.36. The van der Waals surface area contributed by atoms with E-state index in [4.69, 9.17) is 15.4 Å². The van der Waals surface area contributed by atoms with Crippen molar-refractivity contribution in [3.05, 3.63) is 40.3 Å². The quantitative estimate of drug-likeness (QED) is 0.455. The van der Waals surface area contributed by atoms with Crippen LogP contribution in [0, 0.1) is 0 Å². The summed E-state index contributed by atoms with van der Waals surface area (Å²) >= 11 is 0. The SMILES string of the molecule is COc1cccc(C(CCCO)N=[N+]=[N-])c1. The van der Waals surface area contributed by atoms with Crippen LogP contribution in [-0.4, -0.2) is 18.8 Å². The minimum Gasteiger partial charge on any atom is -0.497 e. The number of ether oxygens (including phenoxy) is 1. The summed E-state index contributed by atoms with van der Waals surface area (Å²) in [6, 6.07) is 7.18. The molecule has 0 aromatic heterocycles. The number of methoxy groups -OCH3 is 1.